The lowest BCUT2D eigenvalue weighted by Crippen LogP contribution is -2.12. The van der Waals surface area contributed by atoms with Gasteiger partial charge in [0, 0.05) is 23.0 Å². The molecule has 0 bridgehead atoms. The highest BCUT2D eigenvalue weighted by Gasteiger charge is 2.32. The van der Waals surface area contributed by atoms with Crippen molar-refractivity contribution >= 4 is 27.5 Å². The summed E-state index contributed by atoms with van der Waals surface area (Å²) >= 11 is 0. The molecule has 0 saturated carbocycles. The van der Waals surface area contributed by atoms with Gasteiger partial charge in [-0.15, -0.1) is 0 Å². The maximum Gasteiger partial charge on any atom is 0.416 e. The number of hydrogen-bond acceptors (Lipinski definition) is 7. The van der Waals surface area contributed by atoms with Crippen LogP contribution >= 0.6 is 0 Å². The first kappa shape index (κ1) is 22.8. The molecule has 3 rings (SSSR count). The third kappa shape index (κ3) is 5.64. The Labute approximate surface area is 182 Å². The Morgan fingerprint density at radius 2 is 1.78 bits per heavy atom. The number of hydrogen-bond donors (Lipinski definition) is 3. The van der Waals surface area contributed by atoms with E-state index in [1.54, 1.807) is 19.1 Å². The number of benzene rings is 1. The summed E-state index contributed by atoms with van der Waals surface area (Å²) in [5.41, 5.74) is 11.0. The zero-order valence-electron chi connectivity index (χ0n) is 16.8. The van der Waals surface area contributed by atoms with Crippen molar-refractivity contribution in [2.24, 2.45) is 0 Å². The Balaban J connectivity index is 2.23. The van der Waals surface area contributed by atoms with Crippen molar-refractivity contribution in [1.29, 1.82) is 0 Å². The van der Waals surface area contributed by atoms with Gasteiger partial charge in [0.05, 0.1) is 28.8 Å². The van der Waals surface area contributed by atoms with Gasteiger partial charge in [-0.1, -0.05) is 11.8 Å². The molecule has 12 heteroatoms. The minimum atomic E-state index is -4.74. The Kier molecular flexibility index (Phi) is 5.96. The number of alkyl halides is 3. The third-order valence-corrected chi connectivity index (χ3v) is 4.67. The van der Waals surface area contributed by atoms with Crippen LogP contribution in [0.25, 0.3) is 11.3 Å². The number of pyridine rings is 1. The predicted molar refractivity (Wildman–Crippen MR) is 115 cm³/mol. The molecule has 0 amide bonds. The molecule has 5 N–H and O–H groups in total. The number of nitrogens with two attached hydrogens (primary N) is 2. The maximum atomic E-state index is 13.5. The van der Waals surface area contributed by atoms with Gasteiger partial charge < -0.3 is 11.5 Å². The minimum absolute atomic E-state index is 0.0218. The van der Waals surface area contributed by atoms with Gasteiger partial charge in [0.1, 0.15) is 5.82 Å². The molecule has 0 fully saturated rings. The van der Waals surface area contributed by atoms with Crippen LogP contribution in [0.2, 0.25) is 0 Å². The number of aryl methyl sites for hydroxylation is 1. The molecule has 2 aromatic heterocycles. The number of nitrogens with one attached hydrogen (secondary N) is 1. The molecule has 0 atom stereocenters. The van der Waals surface area contributed by atoms with Gasteiger partial charge in [-0.25, -0.2) is 23.4 Å². The van der Waals surface area contributed by atoms with E-state index in [2.05, 4.69) is 31.5 Å². The fourth-order valence-electron chi connectivity index (χ4n) is 2.77. The van der Waals surface area contributed by atoms with Gasteiger partial charge in [-0.2, -0.15) is 13.2 Å². The summed E-state index contributed by atoms with van der Waals surface area (Å²) in [6.07, 6.45) is -2.47. The number of anilines is 3. The Bertz CT molecular complexity index is 1340. The van der Waals surface area contributed by atoms with E-state index in [-0.39, 0.29) is 28.5 Å². The summed E-state index contributed by atoms with van der Waals surface area (Å²) < 4.78 is 65.7. The first-order chi connectivity index (χ1) is 14.8. The van der Waals surface area contributed by atoms with E-state index in [0.717, 1.165) is 12.3 Å². The van der Waals surface area contributed by atoms with E-state index in [9.17, 15) is 21.6 Å². The zero-order chi connectivity index (χ0) is 23.7. The van der Waals surface area contributed by atoms with E-state index in [4.69, 9.17) is 11.5 Å². The summed E-state index contributed by atoms with van der Waals surface area (Å²) in [5, 5.41) is 0. The molecule has 0 aliphatic carbocycles. The van der Waals surface area contributed by atoms with Gasteiger partial charge in [-0.05, 0) is 37.3 Å². The van der Waals surface area contributed by atoms with Crippen molar-refractivity contribution in [3.05, 3.63) is 58.9 Å². The highest BCUT2D eigenvalue weighted by Crippen LogP contribution is 2.36. The molecule has 166 valence electrons. The van der Waals surface area contributed by atoms with Crippen LogP contribution in [0.3, 0.4) is 0 Å². The average Bonchev–Trinajstić information content (AvgIpc) is 2.66. The molecular weight excluding hydrogens is 445 g/mol. The molecular formula is C20H17F3N6O2S. The van der Waals surface area contributed by atoms with Crippen molar-refractivity contribution < 1.29 is 21.6 Å². The van der Waals surface area contributed by atoms with Gasteiger partial charge in [-0.3, -0.25) is 4.72 Å². The maximum absolute atomic E-state index is 13.5. The molecule has 32 heavy (non-hydrogen) atoms. The number of aromatic nitrogens is 3. The molecule has 1 aromatic carbocycles. The SMILES string of the molecule is Cc1nc(N)nc(-c2cc(NS(C)(=O)=O)cc(C(F)(F)F)c2)c1C#Cc1ccc(N)nc1. The summed E-state index contributed by atoms with van der Waals surface area (Å²) in [6.45, 7) is 1.58. The second-order valence-electron chi connectivity index (χ2n) is 6.78. The lowest BCUT2D eigenvalue weighted by Gasteiger charge is -2.14. The second-order valence-corrected chi connectivity index (χ2v) is 8.53. The lowest BCUT2D eigenvalue weighted by atomic mass is 10.0. The molecule has 0 saturated heterocycles. The van der Waals surface area contributed by atoms with E-state index in [1.165, 1.54) is 12.3 Å². The minimum Gasteiger partial charge on any atom is -0.384 e. The smallest absolute Gasteiger partial charge is 0.384 e. The number of halogens is 3. The van der Waals surface area contributed by atoms with Crippen molar-refractivity contribution in [2.45, 2.75) is 13.1 Å². The standard InChI is InChI=1S/C20H17F3N6O2S/c1-11-16(5-3-12-4-6-17(24)26-10-12)18(28-19(25)27-11)13-7-14(20(21,22)23)9-15(8-13)29-32(2,30)31/h4,6-10,29H,1-2H3,(H2,24,26)(H2,25,27,28). The Hall–Kier alpha value is -3.85. The molecule has 0 radical (unpaired) electrons. The largest absolute Gasteiger partial charge is 0.416 e. The van der Waals surface area contributed by atoms with Gasteiger partial charge >= 0.3 is 6.18 Å². The summed E-state index contributed by atoms with van der Waals surface area (Å²) in [5.74, 6) is 5.80. The van der Waals surface area contributed by atoms with E-state index >= 15 is 0 Å². The Morgan fingerprint density at radius 1 is 1.06 bits per heavy atom. The molecule has 0 aliphatic rings. The monoisotopic (exact) mass is 462 g/mol. The first-order valence-electron chi connectivity index (χ1n) is 8.90. The normalized spacial score (nSPS) is 11.5. The molecule has 0 unspecified atom stereocenters. The van der Waals surface area contributed by atoms with Crippen LogP contribution in [0.1, 0.15) is 22.4 Å². The van der Waals surface area contributed by atoms with Crippen molar-refractivity contribution in [2.75, 3.05) is 22.4 Å². The molecule has 8 nitrogen and oxygen atoms in total. The fourth-order valence-corrected chi connectivity index (χ4v) is 3.31. The van der Waals surface area contributed by atoms with Crippen LogP contribution in [0.4, 0.5) is 30.6 Å². The van der Waals surface area contributed by atoms with Crippen LogP contribution in [0, 0.1) is 18.8 Å². The molecule has 3 aromatic rings. The number of nitrogen functional groups attached to an aromatic ring is 2. The van der Waals surface area contributed by atoms with Crippen LogP contribution in [0.5, 0.6) is 0 Å². The van der Waals surface area contributed by atoms with Crippen LogP contribution < -0.4 is 16.2 Å². The fraction of sp³-hybridized carbons (Fsp3) is 0.150. The number of nitrogens with zero attached hydrogens (tertiary/aromatic N) is 3. The van der Waals surface area contributed by atoms with Crippen molar-refractivity contribution in [3.63, 3.8) is 0 Å². The van der Waals surface area contributed by atoms with E-state index < -0.39 is 21.8 Å². The van der Waals surface area contributed by atoms with Crippen LogP contribution in [0.15, 0.2) is 36.5 Å². The van der Waals surface area contributed by atoms with E-state index in [1.807, 2.05) is 0 Å². The number of sulfonamides is 1. The van der Waals surface area contributed by atoms with Gasteiger partial charge in [0.2, 0.25) is 16.0 Å². The van der Waals surface area contributed by atoms with Gasteiger partial charge in [0.15, 0.2) is 0 Å². The van der Waals surface area contributed by atoms with Crippen molar-refractivity contribution in [3.8, 4) is 23.1 Å². The molecule has 0 aliphatic heterocycles. The van der Waals surface area contributed by atoms with Crippen molar-refractivity contribution in [1.82, 2.24) is 15.0 Å². The molecule has 2 heterocycles. The lowest BCUT2D eigenvalue weighted by molar-refractivity contribution is -0.137. The van der Waals surface area contributed by atoms with Crippen LogP contribution in [-0.2, 0) is 16.2 Å². The highest BCUT2D eigenvalue weighted by atomic mass is 32.2. The molecule has 0 spiro atoms. The quantitative estimate of drug-likeness (QED) is 0.509. The van der Waals surface area contributed by atoms with Gasteiger partial charge in [0.25, 0.3) is 0 Å². The summed E-state index contributed by atoms with van der Waals surface area (Å²) in [4.78, 5) is 12.0. The zero-order valence-corrected chi connectivity index (χ0v) is 17.6. The van der Waals surface area contributed by atoms with E-state index in [0.29, 0.717) is 23.1 Å². The average molecular weight is 462 g/mol. The summed E-state index contributed by atoms with van der Waals surface area (Å²) in [7, 11) is -3.83. The first-order valence-corrected chi connectivity index (χ1v) is 10.8. The number of rotatable bonds is 3. The highest BCUT2D eigenvalue weighted by molar-refractivity contribution is 7.92. The van der Waals surface area contributed by atoms with Crippen LogP contribution in [-0.4, -0.2) is 29.6 Å². The predicted octanol–water partition coefficient (Wildman–Crippen LogP) is 2.80. The third-order valence-electron chi connectivity index (χ3n) is 4.06. The topological polar surface area (TPSA) is 137 Å². The Morgan fingerprint density at radius 3 is 2.38 bits per heavy atom. The second kappa shape index (κ2) is 8.35. The summed E-state index contributed by atoms with van der Waals surface area (Å²) in [6, 6.07) is 5.92.